The average molecular weight is 321 g/mol. The van der Waals surface area contributed by atoms with Gasteiger partial charge in [-0.3, -0.25) is 0 Å². The lowest BCUT2D eigenvalue weighted by molar-refractivity contribution is 0.628. The molecule has 1 unspecified atom stereocenters. The Morgan fingerprint density at radius 1 is 1.09 bits per heavy atom. The summed E-state index contributed by atoms with van der Waals surface area (Å²) in [4.78, 5) is 0. The zero-order valence-electron chi connectivity index (χ0n) is 13.9. The molecular weight excluding hydrogens is 295 g/mol. The summed E-state index contributed by atoms with van der Waals surface area (Å²) in [7, 11) is 0. The molecule has 22 heavy (non-hydrogen) atoms. The van der Waals surface area contributed by atoms with E-state index in [0.717, 1.165) is 11.4 Å². The lowest BCUT2D eigenvalue weighted by Gasteiger charge is -2.10. The molecule has 1 atom stereocenters. The van der Waals surface area contributed by atoms with Crippen LogP contribution in [0.2, 0.25) is 5.02 Å². The van der Waals surface area contributed by atoms with Gasteiger partial charge >= 0.3 is 0 Å². The standard InChI is InChI=1S/C12H15Cl.C6H5F.C2H6/c1-9(2)10(3)7-11-5-4-6-12(13)8-11;7-6-4-2-1-3-5-6;1-2/h4-6,8,10H,1,7H2,2-3H3;1-5H;1-2H3. The van der Waals surface area contributed by atoms with E-state index in [2.05, 4.69) is 26.5 Å². The number of benzene rings is 2. The molecule has 120 valence electrons. The van der Waals surface area contributed by atoms with Gasteiger partial charge in [-0.05, 0) is 49.1 Å². The van der Waals surface area contributed by atoms with Gasteiger partial charge in [0.1, 0.15) is 5.82 Å². The third kappa shape index (κ3) is 9.36. The van der Waals surface area contributed by atoms with Crippen LogP contribution >= 0.6 is 11.6 Å². The van der Waals surface area contributed by atoms with Crippen molar-refractivity contribution in [2.75, 3.05) is 0 Å². The fourth-order valence-electron chi connectivity index (χ4n) is 1.61. The molecule has 0 aliphatic heterocycles. The van der Waals surface area contributed by atoms with Crippen LogP contribution in [0.4, 0.5) is 4.39 Å². The summed E-state index contributed by atoms with van der Waals surface area (Å²) in [6.07, 6.45) is 1.02. The summed E-state index contributed by atoms with van der Waals surface area (Å²) in [6, 6.07) is 15.9. The Morgan fingerprint density at radius 2 is 1.68 bits per heavy atom. The van der Waals surface area contributed by atoms with E-state index in [4.69, 9.17) is 11.6 Å². The first-order valence-electron chi connectivity index (χ1n) is 7.59. The Labute approximate surface area is 139 Å². The third-order valence-corrected chi connectivity index (χ3v) is 3.24. The molecule has 0 aliphatic rings. The van der Waals surface area contributed by atoms with E-state index in [9.17, 15) is 4.39 Å². The average Bonchev–Trinajstić information content (AvgIpc) is 2.50. The summed E-state index contributed by atoms with van der Waals surface area (Å²) in [6.45, 7) is 12.2. The molecule has 2 aromatic carbocycles. The molecule has 0 nitrogen and oxygen atoms in total. The van der Waals surface area contributed by atoms with Crippen LogP contribution in [-0.4, -0.2) is 0 Å². The van der Waals surface area contributed by atoms with Crippen molar-refractivity contribution in [3.63, 3.8) is 0 Å². The van der Waals surface area contributed by atoms with E-state index in [0.29, 0.717) is 5.92 Å². The lowest BCUT2D eigenvalue weighted by Crippen LogP contribution is -1.99. The highest BCUT2D eigenvalue weighted by Gasteiger charge is 2.03. The number of hydrogen-bond acceptors (Lipinski definition) is 0. The van der Waals surface area contributed by atoms with Crippen LogP contribution in [0.25, 0.3) is 0 Å². The molecule has 0 spiro atoms. The van der Waals surface area contributed by atoms with Gasteiger partial charge in [-0.1, -0.05) is 74.9 Å². The molecular formula is C20H26ClF. The quantitative estimate of drug-likeness (QED) is 0.537. The van der Waals surface area contributed by atoms with Crippen LogP contribution in [0.5, 0.6) is 0 Å². The van der Waals surface area contributed by atoms with Gasteiger partial charge in [0.15, 0.2) is 0 Å². The van der Waals surface area contributed by atoms with E-state index in [-0.39, 0.29) is 5.82 Å². The molecule has 0 aromatic heterocycles. The van der Waals surface area contributed by atoms with E-state index >= 15 is 0 Å². The van der Waals surface area contributed by atoms with Crippen molar-refractivity contribution in [1.82, 2.24) is 0 Å². The predicted molar refractivity (Wildman–Crippen MR) is 96.9 cm³/mol. The van der Waals surface area contributed by atoms with Gasteiger partial charge in [-0.15, -0.1) is 0 Å². The minimum absolute atomic E-state index is 0.178. The first kappa shape index (κ1) is 20.4. The minimum atomic E-state index is -0.178. The van der Waals surface area contributed by atoms with Crippen molar-refractivity contribution < 1.29 is 4.39 Å². The van der Waals surface area contributed by atoms with Gasteiger partial charge in [0.05, 0.1) is 0 Å². The monoisotopic (exact) mass is 320 g/mol. The maximum absolute atomic E-state index is 11.9. The van der Waals surface area contributed by atoms with Crippen LogP contribution in [-0.2, 0) is 6.42 Å². The second-order valence-corrected chi connectivity index (χ2v) is 5.31. The Bertz CT molecular complexity index is 534. The molecule has 0 N–H and O–H groups in total. The van der Waals surface area contributed by atoms with Gasteiger partial charge in [0.25, 0.3) is 0 Å². The Hall–Kier alpha value is -1.60. The zero-order valence-corrected chi connectivity index (χ0v) is 14.7. The molecule has 0 saturated carbocycles. The first-order valence-corrected chi connectivity index (χ1v) is 7.97. The molecule has 0 amide bonds. The maximum atomic E-state index is 11.9. The minimum Gasteiger partial charge on any atom is -0.207 e. The van der Waals surface area contributed by atoms with Crippen molar-refractivity contribution in [2.24, 2.45) is 5.92 Å². The topological polar surface area (TPSA) is 0 Å². The van der Waals surface area contributed by atoms with Crippen LogP contribution in [0, 0.1) is 11.7 Å². The second-order valence-electron chi connectivity index (χ2n) is 4.88. The fraction of sp³-hybridized carbons (Fsp3) is 0.300. The van der Waals surface area contributed by atoms with Crippen molar-refractivity contribution in [3.8, 4) is 0 Å². The molecule has 0 aliphatic carbocycles. The normalized spacial score (nSPS) is 10.5. The summed E-state index contributed by atoms with van der Waals surface area (Å²) in [5.74, 6) is 0.348. The van der Waals surface area contributed by atoms with Crippen molar-refractivity contribution in [1.29, 1.82) is 0 Å². The molecule has 0 bridgehead atoms. The second kappa shape index (κ2) is 12.0. The summed E-state index contributed by atoms with van der Waals surface area (Å²) in [5.41, 5.74) is 2.50. The third-order valence-electron chi connectivity index (χ3n) is 3.01. The van der Waals surface area contributed by atoms with Gasteiger partial charge in [-0.25, -0.2) is 4.39 Å². The summed E-state index contributed by atoms with van der Waals surface area (Å²) < 4.78 is 11.9. The lowest BCUT2D eigenvalue weighted by atomic mass is 9.96. The van der Waals surface area contributed by atoms with Crippen molar-refractivity contribution >= 4 is 11.6 Å². The highest BCUT2D eigenvalue weighted by atomic mass is 35.5. The number of hydrogen-bond donors (Lipinski definition) is 0. The molecule has 0 radical (unpaired) electrons. The van der Waals surface area contributed by atoms with E-state index in [1.165, 1.54) is 23.3 Å². The van der Waals surface area contributed by atoms with Crippen LogP contribution in [0.15, 0.2) is 66.7 Å². The molecule has 0 fully saturated rings. The largest absolute Gasteiger partial charge is 0.207 e. The van der Waals surface area contributed by atoms with Gasteiger partial charge < -0.3 is 0 Å². The van der Waals surface area contributed by atoms with Crippen LogP contribution in [0.1, 0.15) is 33.3 Å². The van der Waals surface area contributed by atoms with E-state index < -0.39 is 0 Å². The number of halogens is 2. The van der Waals surface area contributed by atoms with Crippen LogP contribution in [0.3, 0.4) is 0 Å². The SMILES string of the molecule is C=C(C)C(C)Cc1cccc(Cl)c1.CC.Fc1ccccc1. The Morgan fingerprint density at radius 3 is 2.09 bits per heavy atom. The van der Waals surface area contributed by atoms with Crippen LogP contribution < -0.4 is 0 Å². The zero-order chi connectivity index (χ0) is 17.0. The maximum Gasteiger partial charge on any atom is 0.123 e. The highest BCUT2D eigenvalue weighted by Crippen LogP contribution is 2.17. The fourth-order valence-corrected chi connectivity index (χ4v) is 1.82. The number of allylic oxidation sites excluding steroid dienone is 1. The van der Waals surface area contributed by atoms with Gasteiger partial charge in [-0.2, -0.15) is 0 Å². The molecule has 0 heterocycles. The van der Waals surface area contributed by atoms with E-state index in [1.807, 2.05) is 32.0 Å². The first-order chi connectivity index (χ1) is 10.5. The van der Waals surface area contributed by atoms with E-state index in [1.54, 1.807) is 18.2 Å². The molecule has 2 rings (SSSR count). The molecule has 2 heteroatoms. The highest BCUT2D eigenvalue weighted by molar-refractivity contribution is 6.30. The molecule has 0 saturated heterocycles. The predicted octanol–water partition coefficient (Wildman–Crippen LogP) is 6.95. The Kier molecular flexibility index (Phi) is 11.1. The van der Waals surface area contributed by atoms with Crippen molar-refractivity contribution in [3.05, 3.63) is 83.2 Å². The summed E-state index contributed by atoms with van der Waals surface area (Å²) in [5, 5.41) is 0.811. The Balaban J connectivity index is 0.000000412. The smallest absolute Gasteiger partial charge is 0.123 e. The van der Waals surface area contributed by atoms with Gasteiger partial charge in [0, 0.05) is 5.02 Å². The van der Waals surface area contributed by atoms with Gasteiger partial charge in [0.2, 0.25) is 0 Å². The van der Waals surface area contributed by atoms with Crippen molar-refractivity contribution in [2.45, 2.75) is 34.1 Å². The summed E-state index contributed by atoms with van der Waals surface area (Å²) >= 11 is 5.89. The number of rotatable bonds is 3. The molecule has 2 aromatic rings.